The van der Waals surface area contributed by atoms with Crippen molar-refractivity contribution in [3.05, 3.63) is 29.8 Å². The fourth-order valence-corrected chi connectivity index (χ4v) is 3.15. The Balaban J connectivity index is 1.84. The number of methoxy groups -OCH3 is 1. The minimum absolute atomic E-state index is 0.335. The molecule has 0 unspecified atom stereocenters. The molecule has 2 rings (SSSR count). The first-order chi connectivity index (χ1) is 11.2. The van der Waals surface area contributed by atoms with E-state index in [4.69, 9.17) is 9.47 Å². The number of benzene rings is 1. The Morgan fingerprint density at radius 1 is 1.17 bits per heavy atom. The largest absolute Gasteiger partial charge is 0.496 e. The molecule has 1 aliphatic heterocycles. The third-order valence-electron chi connectivity index (χ3n) is 4.53. The van der Waals surface area contributed by atoms with Crippen LogP contribution in [0.1, 0.15) is 25.5 Å². The number of rotatable bonds is 8. The summed E-state index contributed by atoms with van der Waals surface area (Å²) in [6, 6.07) is 8.57. The lowest BCUT2D eigenvalue weighted by atomic mass is 10.0. The third kappa shape index (κ3) is 5.18. The highest BCUT2D eigenvalue weighted by molar-refractivity contribution is 5.35. The molecule has 1 aromatic rings. The summed E-state index contributed by atoms with van der Waals surface area (Å²) in [5.74, 6) is 0.953. The second kappa shape index (κ2) is 9.23. The highest BCUT2D eigenvalue weighted by Gasteiger charge is 2.24. The van der Waals surface area contributed by atoms with Crippen molar-refractivity contribution >= 4 is 0 Å². The molecule has 0 bridgehead atoms. The van der Waals surface area contributed by atoms with Crippen LogP contribution in [0, 0.1) is 0 Å². The molecule has 0 spiro atoms. The molecule has 1 saturated heterocycles. The fourth-order valence-electron chi connectivity index (χ4n) is 3.15. The van der Waals surface area contributed by atoms with Gasteiger partial charge in [0, 0.05) is 50.9 Å². The summed E-state index contributed by atoms with van der Waals surface area (Å²) >= 11 is 0. The molecule has 0 radical (unpaired) electrons. The van der Waals surface area contributed by atoms with Crippen LogP contribution in [0.3, 0.4) is 0 Å². The molecule has 130 valence electrons. The molecule has 0 saturated carbocycles. The van der Waals surface area contributed by atoms with Crippen LogP contribution in [-0.2, 0) is 4.74 Å². The van der Waals surface area contributed by atoms with E-state index in [9.17, 15) is 5.11 Å². The monoisotopic (exact) mass is 322 g/mol. The molecule has 2 atom stereocenters. The molecule has 1 fully saturated rings. The molecule has 1 aliphatic rings. The smallest absolute Gasteiger partial charge is 0.123 e. The number of para-hydroxylation sites is 1. The van der Waals surface area contributed by atoms with Gasteiger partial charge in [0.15, 0.2) is 0 Å². The predicted molar refractivity (Wildman–Crippen MR) is 91.9 cm³/mol. The van der Waals surface area contributed by atoms with Gasteiger partial charge < -0.3 is 14.6 Å². The number of piperazine rings is 1. The minimum atomic E-state index is -0.395. The molecule has 1 aromatic carbocycles. The summed E-state index contributed by atoms with van der Waals surface area (Å²) in [6.07, 6.45) is -0.395. The van der Waals surface area contributed by atoms with Gasteiger partial charge in [-0.3, -0.25) is 9.80 Å². The van der Waals surface area contributed by atoms with Crippen molar-refractivity contribution in [2.75, 3.05) is 53.0 Å². The van der Waals surface area contributed by atoms with Crippen LogP contribution in [0.15, 0.2) is 24.3 Å². The summed E-state index contributed by atoms with van der Waals surface area (Å²) in [6.45, 7) is 9.90. The van der Waals surface area contributed by atoms with Gasteiger partial charge in [0.2, 0.25) is 0 Å². The van der Waals surface area contributed by atoms with Gasteiger partial charge in [-0.2, -0.15) is 0 Å². The molecule has 0 aromatic heterocycles. The number of aliphatic hydroxyl groups excluding tert-OH is 1. The van der Waals surface area contributed by atoms with Crippen LogP contribution in [0.25, 0.3) is 0 Å². The normalized spacial score (nSPS) is 19.5. The average molecular weight is 322 g/mol. The number of hydrogen-bond acceptors (Lipinski definition) is 5. The van der Waals surface area contributed by atoms with Gasteiger partial charge in [0.1, 0.15) is 5.75 Å². The molecule has 23 heavy (non-hydrogen) atoms. The number of nitrogens with zero attached hydrogens (tertiary/aromatic N) is 2. The second-order valence-electron chi connectivity index (χ2n) is 6.07. The van der Waals surface area contributed by atoms with E-state index in [2.05, 4.69) is 28.9 Å². The van der Waals surface area contributed by atoms with Gasteiger partial charge in [-0.05, 0) is 19.9 Å². The molecule has 1 N–H and O–H groups in total. The number of hydrogen-bond donors (Lipinski definition) is 1. The zero-order valence-electron chi connectivity index (χ0n) is 14.6. The highest BCUT2D eigenvalue weighted by Crippen LogP contribution is 2.29. The first kappa shape index (κ1) is 18.2. The van der Waals surface area contributed by atoms with E-state index in [0.29, 0.717) is 25.8 Å². The van der Waals surface area contributed by atoms with Crippen LogP contribution < -0.4 is 4.74 Å². The summed E-state index contributed by atoms with van der Waals surface area (Å²) < 4.78 is 10.8. The van der Waals surface area contributed by atoms with Crippen LogP contribution in [0.2, 0.25) is 0 Å². The maximum Gasteiger partial charge on any atom is 0.123 e. The van der Waals surface area contributed by atoms with Gasteiger partial charge in [0.05, 0.1) is 19.8 Å². The van der Waals surface area contributed by atoms with Gasteiger partial charge in [-0.1, -0.05) is 18.2 Å². The Morgan fingerprint density at radius 2 is 1.87 bits per heavy atom. The lowest BCUT2D eigenvalue weighted by molar-refractivity contribution is 0.00715. The molecular formula is C18H30N2O3. The van der Waals surface area contributed by atoms with Crippen molar-refractivity contribution in [3.8, 4) is 5.75 Å². The lowest BCUT2D eigenvalue weighted by Crippen LogP contribution is -2.49. The Labute approximate surface area is 139 Å². The van der Waals surface area contributed by atoms with E-state index in [1.165, 1.54) is 5.56 Å². The third-order valence-corrected chi connectivity index (χ3v) is 4.53. The van der Waals surface area contributed by atoms with E-state index in [-0.39, 0.29) is 0 Å². The van der Waals surface area contributed by atoms with Crippen molar-refractivity contribution in [3.63, 3.8) is 0 Å². The van der Waals surface area contributed by atoms with Gasteiger partial charge in [-0.25, -0.2) is 0 Å². The predicted octanol–water partition coefficient (Wildman–Crippen LogP) is 1.77. The van der Waals surface area contributed by atoms with Gasteiger partial charge >= 0.3 is 0 Å². The number of ether oxygens (including phenoxy) is 2. The standard InChI is InChI=1S/C18H30N2O3/c1-4-23-14-16(21)13-19-9-11-20(12-10-19)15(2)17-7-5-6-8-18(17)22-3/h5-8,15-16,21H,4,9-14H2,1-3H3/t15-,16-/m1/s1. The Bertz CT molecular complexity index is 461. The summed E-state index contributed by atoms with van der Waals surface area (Å²) in [5, 5.41) is 9.96. The van der Waals surface area contributed by atoms with Gasteiger partial charge in [-0.15, -0.1) is 0 Å². The first-order valence-corrected chi connectivity index (χ1v) is 8.50. The van der Waals surface area contributed by atoms with E-state index >= 15 is 0 Å². The maximum atomic E-state index is 9.96. The molecule has 5 heteroatoms. The van der Waals surface area contributed by atoms with Gasteiger partial charge in [0.25, 0.3) is 0 Å². The summed E-state index contributed by atoms with van der Waals surface area (Å²) in [4.78, 5) is 4.79. The highest BCUT2D eigenvalue weighted by atomic mass is 16.5. The average Bonchev–Trinajstić information content (AvgIpc) is 2.60. The van der Waals surface area contributed by atoms with Crippen molar-refractivity contribution in [2.24, 2.45) is 0 Å². The molecule has 0 amide bonds. The fraction of sp³-hybridized carbons (Fsp3) is 0.667. The molecular weight excluding hydrogens is 292 g/mol. The number of β-amino-alcohol motifs (C(OH)–C–C–N with tert-alkyl or cyclic N) is 1. The second-order valence-corrected chi connectivity index (χ2v) is 6.07. The summed E-state index contributed by atoms with van der Waals surface area (Å²) in [5.41, 5.74) is 1.24. The Hall–Kier alpha value is -1.14. The van der Waals surface area contributed by atoms with Crippen LogP contribution >= 0.6 is 0 Å². The first-order valence-electron chi connectivity index (χ1n) is 8.50. The lowest BCUT2D eigenvalue weighted by Gasteiger charge is -2.39. The zero-order chi connectivity index (χ0) is 16.7. The van der Waals surface area contributed by atoms with Crippen molar-refractivity contribution in [1.29, 1.82) is 0 Å². The maximum absolute atomic E-state index is 9.96. The quantitative estimate of drug-likeness (QED) is 0.790. The van der Waals surface area contributed by atoms with Crippen molar-refractivity contribution in [1.82, 2.24) is 9.80 Å². The Morgan fingerprint density at radius 3 is 2.52 bits per heavy atom. The summed E-state index contributed by atoms with van der Waals surface area (Å²) in [7, 11) is 1.73. The van der Waals surface area contributed by atoms with Crippen LogP contribution in [0.5, 0.6) is 5.75 Å². The SMILES string of the molecule is CCOC[C@H](O)CN1CCN([C@H](C)c2ccccc2OC)CC1. The van der Waals surface area contributed by atoms with E-state index in [1.54, 1.807) is 7.11 Å². The molecule has 5 nitrogen and oxygen atoms in total. The van der Waals surface area contributed by atoms with Crippen LogP contribution in [0.4, 0.5) is 0 Å². The van der Waals surface area contributed by atoms with Crippen molar-refractivity contribution < 1.29 is 14.6 Å². The topological polar surface area (TPSA) is 45.2 Å². The van der Waals surface area contributed by atoms with E-state index < -0.39 is 6.10 Å². The van der Waals surface area contributed by atoms with Crippen LogP contribution in [-0.4, -0.2) is 74.1 Å². The molecule has 1 heterocycles. The Kier molecular flexibility index (Phi) is 7.30. The minimum Gasteiger partial charge on any atom is -0.496 e. The van der Waals surface area contributed by atoms with E-state index in [1.807, 2.05) is 19.1 Å². The van der Waals surface area contributed by atoms with Crippen molar-refractivity contribution in [2.45, 2.75) is 26.0 Å². The molecule has 0 aliphatic carbocycles. The zero-order valence-corrected chi connectivity index (χ0v) is 14.6. The van der Waals surface area contributed by atoms with E-state index in [0.717, 1.165) is 31.9 Å². The number of aliphatic hydroxyl groups is 1.